The molecule has 0 spiro atoms. The summed E-state index contributed by atoms with van der Waals surface area (Å²) in [5, 5.41) is 63.7. The van der Waals surface area contributed by atoms with E-state index in [-0.39, 0.29) is 51.1 Å². The largest absolute Gasteiger partial charge is 0.507 e. The Balaban J connectivity index is 1.90. The highest BCUT2D eigenvalue weighted by atomic mass is 16.5. The normalized spacial score (nSPS) is 12.5. The van der Waals surface area contributed by atoms with Gasteiger partial charge in [-0.15, -0.1) is 15.3 Å². The Labute approximate surface area is 225 Å². The second kappa shape index (κ2) is 11.7. The minimum absolute atomic E-state index is 0.0334. The van der Waals surface area contributed by atoms with E-state index in [1.807, 2.05) is 13.8 Å². The van der Waals surface area contributed by atoms with E-state index < -0.39 is 0 Å². The number of nitrogens with one attached hydrogen (secondary N) is 1. The number of phenols is 3. The Hall–Kier alpha value is -4.82. The average Bonchev–Trinajstić information content (AvgIpc) is 2.94. The smallest absolute Gasteiger partial charge is 0.194 e. The van der Waals surface area contributed by atoms with Crippen LogP contribution in [0.1, 0.15) is 31.4 Å². The Morgan fingerprint density at radius 1 is 1.03 bits per heavy atom. The van der Waals surface area contributed by atoms with Gasteiger partial charge in [-0.2, -0.15) is 10.4 Å². The molecule has 200 valence electrons. The molecule has 1 unspecified atom stereocenters. The number of aromatic nitrogens is 1. The second-order valence-electron chi connectivity index (χ2n) is 8.93. The molecule has 0 aliphatic carbocycles. The summed E-state index contributed by atoms with van der Waals surface area (Å²) in [7, 11) is 1.58. The van der Waals surface area contributed by atoms with Crippen molar-refractivity contribution in [1.29, 1.82) is 5.26 Å². The number of phenolic OH excluding ortho intramolecular Hbond substituents is 3. The zero-order valence-corrected chi connectivity index (χ0v) is 22.1. The minimum Gasteiger partial charge on any atom is -0.507 e. The van der Waals surface area contributed by atoms with Gasteiger partial charge in [-0.1, -0.05) is 31.2 Å². The van der Waals surface area contributed by atoms with Crippen molar-refractivity contribution in [2.45, 2.75) is 33.2 Å². The van der Waals surface area contributed by atoms with Crippen LogP contribution in [0.15, 0.2) is 56.9 Å². The van der Waals surface area contributed by atoms with Crippen LogP contribution in [0.5, 0.6) is 17.2 Å². The van der Waals surface area contributed by atoms with Crippen LogP contribution in [-0.4, -0.2) is 46.6 Å². The lowest BCUT2D eigenvalue weighted by Crippen LogP contribution is -2.10. The molecule has 0 saturated carbocycles. The summed E-state index contributed by atoms with van der Waals surface area (Å²) in [6.45, 7) is 6.44. The molecule has 39 heavy (non-hydrogen) atoms. The maximum atomic E-state index is 11.1. The van der Waals surface area contributed by atoms with E-state index in [1.165, 1.54) is 6.07 Å². The average molecular weight is 528 g/mol. The molecule has 0 fully saturated rings. The number of anilines is 1. The van der Waals surface area contributed by atoms with Crippen molar-refractivity contribution in [2.24, 2.45) is 20.5 Å². The van der Waals surface area contributed by atoms with Crippen LogP contribution in [-0.2, 0) is 4.74 Å². The monoisotopic (exact) mass is 527 g/mol. The number of azo groups is 2. The van der Waals surface area contributed by atoms with Crippen molar-refractivity contribution in [3.8, 4) is 23.3 Å². The zero-order valence-electron chi connectivity index (χ0n) is 22.1. The summed E-state index contributed by atoms with van der Waals surface area (Å²) in [5.74, 6) is -0.0189. The molecule has 0 aliphatic heterocycles. The van der Waals surface area contributed by atoms with Crippen LogP contribution in [0.2, 0.25) is 0 Å². The van der Waals surface area contributed by atoms with Gasteiger partial charge in [-0.3, -0.25) is 0 Å². The van der Waals surface area contributed by atoms with Crippen LogP contribution in [0.4, 0.5) is 23.0 Å². The number of fused-ring (bicyclic) bond motifs is 2. The quantitative estimate of drug-likeness (QED) is 0.0783. The number of aromatic hydroxyl groups is 3. The third kappa shape index (κ3) is 5.28. The minimum atomic E-state index is -0.239. The Bertz CT molecular complexity index is 1640. The predicted octanol–water partition coefficient (Wildman–Crippen LogP) is 7.04. The highest BCUT2D eigenvalue weighted by molar-refractivity contribution is 6.15. The first-order valence-corrected chi connectivity index (χ1v) is 12.4. The SMILES string of the molecule is CCC(C)N=Nc1nc(NCCOC)c(N=Nc2cccc3c(O)c4cccc(O)c4c(O)c23)c(C)c1C#N. The summed E-state index contributed by atoms with van der Waals surface area (Å²) < 4.78 is 5.14. The number of benzene rings is 3. The van der Waals surface area contributed by atoms with E-state index >= 15 is 0 Å². The first-order valence-electron chi connectivity index (χ1n) is 12.4. The topological polar surface area (TPSA) is 168 Å². The van der Waals surface area contributed by atoms with Gasteiger partial charge < -0.3 is 25.4 Å². The summed E-state index contributed by atoms with van der Waals surface area (Å²) >= 11 is 0. The van der Waals surface area contributed by atoms with Gasteiger partial charge in [0.15, 0.2) is 11.6 Å². The molecular formula is C28H29N7O4. The van der Waals surface area contributed by atoms with Gasteiger partial charge in [0.2, 0.25) is 0 Å². The standard InChI is InChI=1S/C28H29N7O4/c1-5-15(2)32-35-27-19(14-29)16(3)24(28(31-27)30-12-13-39-4)34-33-20-10-6-8-17-22(20)26(38)23-18(25(17)37)9-7-11-21(23)36/h6-11,15,36-38H,5,12-13H2,1-4H3,(H,30,31). The summed E-state index contributed by atoms with van der Waals surface area (Å²) in [6.07, 6.45) is 0.788. The first kappa shape index (κ1) is 27.2. The lowest BCUT2D eigenvalue weighted by molar-refractivity contribution is 0.210. The van der Waals surface area contributed by atoms with Gasteiger partial charge in [0, 0.05) is 30.0 Å². The first-order chi connectivity index (χ1) is 18.8. The summed E-state index contributed by atoms with van der Waals surface area (Å²) in [5.41, 5.74) is 1.24. The predicted molar refractivity (Wildman–Crippen MR) is 149 cm³/mol. The number of hydrogen-bond donors (Lipinski definition) is 4. The van der Waals surface area contributed by atoms with Crippen LogP contribution in [0.3, 0.4) is 0 Å². The van der Waals surface area contributed by atoms with Crippen LogP contribution in [0.25, 0.3) is 21.5 Å². The fourth-order valence-corrected chi connectivity index (χ4v) is 4.07. The summed E-state index contributed by atoms with van der Waals surface area (Å²) in [4.78, 5) is 4.52. The van der Waals surface area contributed by atoms with Crippen LogP contribution >= 0.6 is 0 Å². The van der Waals surface area contributed by atoms with E-state index in [2.05, 4.69) is 36.8 Å². The molecule has 0 bridgehead atoms. The molecular weight excluding hydrogens is 498 g/mol. The molecule has 0 aliphatic rings. The molecule has 0 saturated heterocycles. The van der Waals surface area contributed by atoms with Crippen molar-refractivity contribution in [2.75, 3.05) is 25.6 Å². The Kier molecular flexibility index (Phi) is 8.17. The van der Waals surface area contributed by atoms with Crippen molar-refractivity contribution in [1.82, 2.24) is 4.98 Å². The van der Waals surface area contributed by atoms with E-state index in [4.69, 9.17) is 4.74 Å². The Morgan fingerprint density at radius 2 is 1.74 bits per heavy atom. The van der Waals surface area contributed by atoms with Crippen LogP contribution in [0, 0.1) is 18.3 Å². The van der Waals surface area contributed by atoms with Gasteiger partial charge in [0.05, 0.1) is 29.1 Å². The molecule has 11 heteroatoms. The summed E-state index contributed by atoms with van der Waals surface area (Å²) in [6, 6.07) is 11.7. The zero-order chi connectivity index (χ0) is 28.1. The van der Waals surface area contributed by atoms with Crippen molar-refractivity contribution >= 4 is 44.6 Å². The van der Waals surface area contributed by atoms with Crippen molar-refractivity contribution < 1.29 is 20.1 Å². The van der Waals surface area contributed by atoms with E-state index in [0.29, 0.717) is 41.0 Å². The van der Waals surface area contributed by atoms with Crippen molar-refractivity contribution in [3.63, 3.8) is 0 Å². The Morgan fingerprint density at radius 3 is 2.44 bits per heavy atom. The maximum absolute atomic E-state index is 11.1. The maximum Gasteiger partial charge on any atom is 0.194 e. The van der Waals surface area contributed by atoms with Gasteiger partial charge in [0.1, 0.15) is 34.6 Å². The number of nitrogens with zero attached hydrogens (tertiary/aromatic N) is 6. The molecule has 1 aromatic heterocycles. The molecule has 11 nitrogen and oxygen atoms in total. The lowest BCUT2D eigenvalue weighted by atomic mass is 9.99. The van der Waals surface area contributed by atoms with Gasteiger partial charge in [0.25, 0.3) is 0 Å². The van der Waals surface area contributed by atoms with Crippen LogP contribution < -0.4 is 5.32 Å². The molecule has 3 aromatic carbocycles. The van der Waals surface area contributed by atoms with E-state index in [1.54, 1.807) is 44.4 Å². The molecule has 0 amide bonds. The molecule has 0 radical (unpaired) electrons. The van der Waals surface area contributed by atoms with E-state index in [9.17, 15) is 20.6 Å². The van der Waals surface area contributed by atoms with Gasteiger partial charge in [-0.05, 0) is 32.4 Å². The van der Waals surface area contributed by atoms with Crippen molar-refractivity contribution in [3.05, 3.63) is 47.5 Å². The highest BCUT2D eigenvalue weighted by Crippen LogP contribution is 2.48. The number of pyridine rings is 1. The number of hydrogen-bond acceptors (Lipinski definition) is 11. The molecule has 4 N–H and O–H groups in total. The fourth-order valence-electron chi connectivity index (χ4n) is 4.07. The number of methoxy groups -OCH3 is 1. The number of rotatable bonds is 9. The molecule has 1 heterocycles. The third-order valence-electron chi connectivity index (χ3n) is 6.37. The van der Waals surface area contributed by atoms with Gasteiger partial charge in [-0.25, -0.2) is 4.98 Å². The number of nitriles is 1. The molecule has 4 rings (SSSR count). The fraction of sp³-hybridized carbons (Fsp3) is 0.286. The second-order valence-corrected chi connectivity index (χ2v) is 8.93. The third-order valence-corrected chi connectivity index (χ3v) is 6.37. The molecule has 4 aromatic rings. The lowest BCUT2D eigenvalue weighted by Gasteiger charge is -2.13. The van der Waals surface area contributed by atoms with Gasteiger partial charge >= 0.3 is 0 Å². The number of ether oxygens (including phenoxy) is 1. The molecule has 1 atom stereocenters. The van der Waals surface area contributed by atoms with E-state index in [0.717, 1.165) is 6.42 Å². The highest BCUT2D eigenvalue weighted by Gasteiger charge is 2.20.